The number of carbonyl (C=O) groups is 1. The highest BCUT2D eigenvalue weighted by molar-refractivity contribution is 5.94. The van der Waals surface area contributed by atoms with E-state index in [4.69, 9.17) is 9.47 Å². The summed E-state index contributed by atoms with van der Waals surface area (Å²) in [7, 11) is 1.64. The fourth-order valence-electron chi connectivity index (χ4n) is 5.14. The number of amides is 1. The standard InChI is InChI=1S/C33H34N2O3/c1-25-10-9-15-30(22-25)38-24-29-23-28(16-17-31(29)37-2)33(36)35-20-18-34(19-21-35)32(26-11-5-3-6-12-26)27-13-7-4-8-14-27/h3-17,22-23,32H,18-21,24H2,1-2H3. The van der Waals surface area contributed by atoms with E-state index in [2.05, 4.69) is 65.6 Å². The monoisotopic (exact) mass is 506 g/mol. The number of nitrogens with zero attached hydrogens (tertiary/aromatic N) is 2. The molecule has 1 aliphatic heterocycles. The first-order valence-corrected chi connectivity index (χ1v) is 13.1. The van der Waals surface area contributed by atoms with Crippen molar-refractivity contribution in [3.8, 4) is 11.5 Å². The lowest BCUT2D eigenvalue weighted by atomic mass is 9.96. The molecule has 0 N–H and O–H groups in total. The molecule has 0 spiro atoms. The van der Waals surface area contributed by atoms with Crippen LogP contribution in [0.1, 0.15) is 38.7 Å². The first kappa shape index (κ1) is 25.6. The minimum absolute atomic E-state index is 0.0417. The van der Waals surface area contributed by atoms with Crippen molar-refractivity contribution in [1.29, 1.82) is 0 Å². The van der Waals surface area contributed by atoms with Crippen molar-refractivity contribution in [1.82, 2.24) is 9.80 Å². The molecule has 5 nitrogen and oxygen atoms in total. The summed E-state index contributed by atoms with van der Waals surface area (Å²) in [5.41, 5.74) is 5.19. The molecule has 4 aromatic rings. The number of benzene rings is 4. The first-order chi connectivity index (χ1) is 18.6. The lowest BCUT2D eigenvalue weighted by Crippen LogP contribution is -2.49. The summed E-state index contributed by atoms with van der Waals surface area (Å²) in [6.07, 6.45) is 0. The van der Waals surface area contributed by atoms with Crippen LogP contribution in [-0.4, -0.2) is 49.0 Å². The predicted molar refractivity (Wildman–Crippen MR) is 151 cm³/mol. The van der Waals surface area contributed by atoms with E-state index in [1.54, 1.807) is 7.11 Å². The fourth-order valence-corrected chi connectivity index (χ4v) is 5.14. The zero-order valence-corrected chi connectivity index (χ0v) is 22.0. The van der Waals surface area contributed by atoms with Crippen molar-refractivity contribution in [3.05, 3.63) is 131 Å². The van der Waals surface area contributed by atoms with Gasteiger partial charge in [0.15, 0.2) is 0 Å². The molecule has 1 heterocycles. The van der Waals surface area contributed by atoms with Gasteiger partial charge in [-0.1, -0.05) is 72.8 Å². The lowest BCUT2D eigenvalue weighted by molar-refractivity contribution is 0.0597. The second-order valence-corrected chi connectivity index (χ2v) is 9.68. The molecule has 0 aromatic heterocycles. The molecular formula is C33H34N2O3. The summed E-state index contributed by atoms with van der Waals surface area (Å²) in [5, 5.41) is 0. The zero-order valence-electron chi connectivity index (χ0n) is 22.0. The van der Waals surface area contributed by atoms with Crippen molar-refractivity contribution in [2.45, 2.75) is 19.6 Å². The third kappa shape index (κ3) is 5.90. The molecule has 1 amide bonds. The number of piperazine rings is 1. The minimum atomic E-state index is 0.0417. The zero-order chi connectivity index (χ0) is 26.3. The Hall–Kier alpha value is -4.09. The Morgan fingerprint density at radius 1 is 0.789 bits per heavy atom. The highest BCUT2D eigenvalue weighted by Gasteiger charge is 2.28. The molecule has 1 aliphatic rings. The van der Waals surface area contributed by atoms with Gasteiger partial charge in [0.25, 0.3) is 5.91 Å². The van der Waals surface area contributed by atoms with Gasteiger partial charge in [0.05, 0.1) is 13.2 Å². The summed E-state index contributed by atoms with van der Waals surface area (Å²) in [4.78, 5) is 17.9. The van der Waals surface area contributed by atoms with Crippen molar-refractivity contribution in [2.75, 3.05) is 33.3 Å². The van der Waals surface area contributed by atoms with Crippen molar-refractivity contribution >= 4 is 5.91 Å². The van der Waals surface area contributed by atoms with Crippen molar-refractivity contribution in [3.63, 3.8) is 0 Å². The summed E-state index contributed by atoms with van der Waals surface area (Å²) in [6.45, 7) is 5.33. The molecular weight excluding hydrogens is 472 g/mol. The van der Waals surface area contributed by atoms with Crippen LogP contribution >= 0.6 is 0 Å². The molecule has 38 heavy (non-hydrogen) atoms. The molecule has 0 radical (unpaired) electrons. The van der Waals surface area contributed by atoms with Crippen LogP contribution in [-0.2, 0) is 6.61 Å². The average Bonchev–Trinajstić information content (AvgIpc) is 2.97. The Morgan fingerprint density at radius 3 is 2.05 bits per heavy atom. The number of methoxy groups -OCH3 is 1. The van der Waals surface area contributed by atoms with Crippen LogP contribution < -0.4 is 9.47 Å². The van der Waals surface area contributed by atoms with Crippen LogP contribution in [0.2, 0.25) is 0 Å². The Morgan fingerprint density at radius 2 is 1.45 bits per heavy atom. The van der Waals surface area contributed by atoms with E-state index >= 15 is 0 Å². The lowest BCUT2D eigenvalue weighted by Gasteiger charge is -2.40. The van der Waals surface area contributed by atoms with E-state index in [9.17, 15) is 4.79 Å². The maximum atomic E-state index is 13.5. The summed E-state index contributed by atoms with van der Waals surface area (Å²) in [6, 6.07) is 34.9. The number of ether oxygens (including phenoxy) is 2. The number of carbonyl (C=O) groups excluding carboxylic acids is 1. The van der Waals surface area contributed by atoms with Gasteiger partial charge in [0, 0.05) is 37.3 Å². The van der Waals surface area contributed by atoms with E-state index < -0.39 is 0 Å². The van der Waals surface area contributed by atoms with Gasteiger partial charge in [0.1, 0.15) is 18.1 Å². The Balaban J connectivity index is 1.28. The topological polar surface area (TPSA) is 42.0 Å². The molecule has 0 unspecified atom stereocenters. The molecule has 0 aliphatic carbocycles. The SMILES string of the molecule is COc1ccc(C(=O)N2CCN(C(c3ccccc3)c3ccccc3)CC2)cc1COc1cccc(C)c1. The van der Waals surface area contributed by atoms with Crippen LogP contribution in [0.4, 0.5) is 0 Å². The predicted octanol–water partition coefficient (Wildman–Crippen LogP) is 6.13. The quantitative estimate of drug-likeness (QED) is 0.288. The highest BCUT2D eigenvalue weighted by Crippen LogP contribution is 2.30. The molecule has 0 bridgehead atoms. The van der Waals surface area contributed by atoms with Crippen LogP contribution in [0.15, 0.2) is 103 Å². The molecule has 0 saturated carbocycles. The Labute approximate surface area is 225 Å². The van der Waals surface area contributed by atoms with Gasteiger partial charge < -0.3 is 14.4 Å². The van der Waals surface area contributed by atoms with Gasteiger partial charge in [0.2, 0.25) is 0 Å². The van der Waals surface area contributed by atoms with E-state index in [0.717, 1.165) is 30.0 Å². The molecule has 1 saturated heterocycles. The number of hydrogen-bond acceptors (Lipinski definition) is 4. The van der Waals surface area contributed by atoms with E-state index in [1.807, 2.05) is 54.3 Å². The van der Waals surface area contributed by atoms with Crippen LogP contribution in [0.5, 0.6) is 11.5 Å². The van der Waals surface area contributed by atoms with Gasteiger partial charge >= 0.3 is 0 Å². The number of aryl methyl sites for hydroxylation is 1. The van der Waals surface area contributed by atoms with Crippen LogP contribution in [0.25, 0.3) is 0 Å². The first-order valence-electron chi connectivity index (χ1n) is 13.1. The van der Waals surface area contributed by atoms with Gasteiger partial charge in [-0.05, 0) is 53.9 Å². The maximum absolute atomic E-state index is 13.5. The third-order valence-corrected chi connectivity index (χ3v) is 7.11. The summed E-state index contributed by atoms with van der Waals surface area (Å²) < 4.78 is 11.6. The molecule has 4 aromatic carbocycles. The number of rotatable bonds is 8. The van der Waals surface area contributed by atoms with Gasteiger partial charge in [-0.25, -0.2) is 0 Å². The molecule has 194 valence electrons. The van der Waals surface area contributed by atoms with Gasteiger partial charge in [-0.3, -0.25) is 9.69 Å². The summed E-state index contributed by atoms with van der Waals surface area (Å²) in [5.74, 6) is 1.55. The summed E-state index contributed by atoms with van der Waals surface area (Å²) >= 11 is 0. The average molecular weight is 507 g/mol. The Bertz CT molecular complexity index is 1310. The van der Waals surface area contributed by atoms with Crippen LogP contribution in [0, 0.1) is 6.92 Å². The molecule has 5 rings (SSSR count). The molecule has 5 heteroatoms. The Kier molecular flexibility index (Phi) is 8.05. The van der Waals surface area contributed by atoms with Crippen molar-refractivity contribution in [2.24, 2.45) is 0 Å². The van der Waals surface area contributed by atoms with Crippen molar-refractivity contribution < 1.29 is 14.3 Å². The maximum Gasteiger partial charge on any atom is 0.253 e. The molecule has 1 fully saturated rings. The fraction of sp³-hybridized carbons (Fsp3) is 0.242. The second kappa shape index (κ2) is 12.0. The van der Waals surface area contributed by atoms with Gasteiger partial charge in [-0.2, -0.15) is 0 Å². The largest absolute Gasteiger partial charge is 0.496 e. The highest BCUT2D eigenvalue weighted by atomic mass is 16.5. The normalized spacial score (nSPS) is 13.9. The van der Waals surface area contributed by atoms with E-state index in [-0.39, 0.29) is 11.9 Å². The third-order valence-electron chi connectivity index (χ3n) is 7.11. The molecule has 0 atom stereocenters. The van der Waals surface area contributed by atoms with Crippen LogP contribution in [0.3, 0.4) is 0 Å². The number of hydrogen-bond donors (Lipinski definition) is 0. The van der Waals surface area contributed by atoms with Gasteiger partial charge in [-0.15, -0.1) is 0 Å². The second-order valence-electron chi connectivity index (χ2n) is 9.68. The smallest absolute Gasteiger partial charge is 0.253 e. The van der Waals surface area contributed by atoms with E-state index in [0.29, 0.717) is 31.0 Å². The van der Waals surface area contributed by atoms with E-state index in [1.165, 1.54) is 11.1 Å². The minimum Gasteiger partial charge on any atom is -0.496 e.